The molecule has 3 fully saturated rings. The molecule has 2 aliphatic heterocycles. The predicted octanol–water partition coefficient (Wildman–Crippen LogP) is 0.345. The van der Waals surface area contributed by atoms with E-state index in [4.69, 9.17) is 0 Å². The lowest BCUT2D eigenvalue weighted by Gasteiger charge is -2.19. The molecular formula is C20H26N4O7S2. The number of benzene rings is 1. The highest BCUT2D eigenvalue weighted by Crippen LogP contribution is 2.35. The summed E-state index contributed by atoms with van der Waals surface area (Å²) < 4.78 is 50.4. The summed E-state index contributed by atoms with van der Waals surface area (Å²) in [6.07, 6.45) is 3.12. The van der Waals surface area contributed by atoms with E-state index in [1.807, 2.05) is 0 Å². The van der Waals surface area contributed by atoms with Crippen LogP contribution in [0.15, 0.2) is 29.2 Å². The maximum absolute atomic E-state index is 12.6. The molecule has 1 spiro atoms. The van der Waals surface area contributed by atoms with Gasteiger partial charge in [-0.3, -0.25) is 14.5 Å². The monoisotopic (exact) mass is 498 g/mol. The zero-order valence-corrected chi connectivity index (χ0v) is 19.5. The van der Waals surface area contributed by atoms with Crippen LogP contribution in [0.1, 0.15) is 38.5 Å². The van der Waals surface area contributed by atoms with Crippen LogP contribution in [0.3, 0.4) is 0 Å². The Bertz CT molecular complexity index is 1170. The Labute approximate surface area is 192 Å². The summed E-state index contributed by atoms with van der Waals surface area (Å²) in [5.41, 5.74) is -0.460. The largest absolute Gasteiger partial charge is 0.326 e. The molecule has 13 heteroatoms. The highest BCUT2D eigenvalue weighted by Gasteiger charge is 2.52. The average Bonchev–Trinajstić information content (AvgIpc) is 3.40. The van der Waals surface area contributed by atoms with Crippen molar-refractivity contribution in [3.8, 4) is 0 Å². The molecule has 0 radical (unpaired) electrons. The first-order valence-electron chi connectivity index (χ1n) is 10.8. The van der Waals surface area contributed by atoms with Crippen molar-refractivity contribution in [2.24, 2.45) is 0 Å². The van der Waals surface area contributed by atoms with Gasteiger partial charge in [-0.15, -0.1) is 0 Å². The molecule has 4 amide bonds. The van der Waals surface area contributed by atoms with Gasteiger partial charge >= 0.3 is 6.03 Å². The van der Waals surface area contributed by atoms with Crippen molar-refractivity contribution in [1.82, 2.24) is 14.9 Å². The van der Waals surface area contributed by atoms with E-state index in [0.717, 1.165) is 17.7 Å². The SMILES string of the molecule is O=C(CCN1C(=O)NC2(CCCC2)C1=O)Nc1ccc(S(=O)(=O)N[C@@H]2CCS(=O)(=O)C2)cc1. The summed E-state index contributed by atoms with van der Waals surface area (Å²) in [7, 11) is -7.12. The van der Waals surface area contributed by atoms with E-state index in [-0.39, 0.29) is 41.7 Å². The normalized spacial score (nSPS) is 23.8. The Kier molecular flexibility index (Phi) is 6.22. The fraction of sp³-hybridized carbons (Fsp3) is 0.550. The lowest BCUT2D eigenvalue weighted by molar-refractivity contribution is -0.131. The third-order valence-electron chi connectivity index (χ3n) is 6.27. The molecule has 2 heterocycles. The van der Waals surface area contributed by atoms with Gasteiger partial charge in [0, 0.05) is 24.7 Å². The number of nitrogens with zero attached hydrogens (tertiary/aromatic N) is 1. The molecule has 1 aromatic carbocycles. The molecule has 3 aliphatic rings. The van der Waals surface area contributed by atoms with Crippen molar-refractivity contribution in [1.29, 1.82) is 0 Å². The summed E-state index contributed by atoms with van der Waals surface area (Å²) in [5, 5.41) is 5.38. The Hall–Kier alpha value is -2.51. The second-order valence-corrected chi connectivity index (χ2v) is 12.7. The summed E-state index contributed by atoms with van der Waals surface area (Å²) in [5.74, 6) is -0.974. The molecular weight excluding hydrogens is 472 g/mol. The predicted molar refractivity (Wildman–Crippen MR) is 119 cm³/mol. The number of carbonyl (C=O) groups excluding carboxylic acids is 3. The molecule has 2 saturated heterocycles. The molecule has 1 aromatic rings. The summed E-state index contributed by atoms with van der Waals surface area (Å²) in [6, 6.07) is 4.31. The van der Waals surface area contributed by atoms with E-state index in [9.17, 15) is 31.2 Å². The van der Waals surface area contributed by atoms with E-state index in [2.05, 4.69) is 15.4 Å². The number of nitrogens with one attached hydrogen (secondary N) is 3. The Balaban J connectivity index is 1.30. The Morgan fingerprint density at radius 3 is 2.42 bits per heavy atom. The number of hydrogen-bond acceptors (Lipinski definition) is 7. The van der Waals surface area contributed by atoms with Crippen molar-refractivity contribution in [2.45, 2.75) is 55.0 Å². The van der Waals surface area contributed by atoms with Gasteiger partial charge in [0.05, 0.1) is 16.4 Å². The highest BCUT2D eigenvalue weighted by molar-refractivity contribution is 7.92. The topological polar surface area (TPSA) is 159 Å². The lowest BCUT2D eigenvalue weighted by Crippen LogP contribution is -2.44. The summed E-state index contributed by atoms with van der Waals surface area (Å²) in [6.45, 7) is -0.0427. The number of anilines is 1. The molecule has 11 nitrogen and oxygen atoms in total. The number of carbonyl (C=O) groups is 3. The molecule has 33 heavy (non-hydrogen) atoms. The summed E-state index contributed by atoms with van der Waals surface area (Å²) in [4.78, 5) is 38.1. The van der Waals surface area contributed by atoms with Gasteiger partial charge in [-0.05, 0) is 43.5 Å². The first-order chi connectivity index (χ1) is 15.5. The van der Waals surface area contributed by atoms with Gasteiger partial charge in [-0.25, -0.2) is 26.4 Å². The fourth-order valence-electron chi connectivity index (χ4n) is 4.53. The van der Waals surface area contributed by atoms with Crippen LogP contribution in [0.2, 0.25) is 0 Å². The van der Waals surface area contributed by atoms with E-state index in [1.54, 1.807) is 0 Å². The van der Waals surface area contributed by atoms with E-state index in [1.165, 1.54) is 24.3 Å². The maximum Gasteiger partial charge on any atom is 0.325 e. The Morgan fingerprint density at radius 2 is 1.82 bits per heavy atom. The smallest absolute Gasteiger partial charge is 0.325 e. The lowest BCUT2D eigenvalue weighted by atomic mass is 9.98. The highest BCUT2D eigenvalue weighted by atomic mass is 32.2. The van der Waals surface area contributed by atoms with E-state index in [0.29, 0.717) is 18.5 Å². The van der Waals surface area contributed by atoms with Crippen LogP contribution in [0.4, 0.5) is 10.5 Å². The van der Waals surface area contributed by atoms with Crippen LogP contribution < -0.4 is 15.4 Å². The van der Waals surface area contributed by atoms with Gasteiger partial charge in [0.2, 0.25) is 15.9 Å². The molecule has 0 aromatic heterocycles. The van der Waals surface area contributed by atoms with Crippen LogP contribution in [0.5, 0.6) is 0 Å². The quantitative estimate of drug-likeness (QED) is 0.457. The van der Waals surface area contributed by atoms with E-state index < -0.39 is 43.4 Å². The molecule has 0 bridgehead atoms. The van der Waals surface area contributed by atoms with Gasteiger partial charge in [-0.1, -0.05) is 12.8 Å². The summed E-state index contributed by atoms with van der Waals surface area (Å²) >= 11 is 0. The second kappa shape index (κ2) is 8.69. The van der Waals surface area contributed by atoms with Crippen molar-refractivity contribution >= 4 is 43.4 Å². The minimum Gasteiger partial charge on any atom is -0.326 e. The second-order valence-electron chi connectivity index (χ2n) is 8.72. The van der Waals surface area contributed by atoms with Crippen LogP contribution in [0.25, 0.3) is 0 Å². The number of sulfone groups is 1. The van der Waals surface area contributed by atoms with Gasteiger partial charge in [0.15, 0.2) is 9.84 Å². The molecule has 4 rings (SSSR count). The van der Waals surface area contributed by atoms with Gasteiger partial charge in [0.1, 0.15) is 5.54 Å². The molecule has 3 N–H and O–H groups in total. The van der Waals surface area contributed by atoms with Crippen molar-refractivity contribution in [3.05, 3.63) is 24.3 Å². The Morgan fingerprint density at radius 1 is 1.15 bits per heavy atom. The first-order valence-corrected chi connectivity index (χ1v) is 14.1. The van der Waals surface area contributed by atoms with Crippen molar-refractivity contribution in [2.75, 3.05) is 23.4 Å². The number of amides is 4. The number of imide groups is 1. The third-order valence-corrected chi connectivity index (χ3v) is 9.57. The number of rotatable bonds is 7. The molecule has 180 valence electrons. The zero-order valence-electron chi connectivity index (χ0n) is 17.9. The molecule has 1 aliphatic carbocycles. The number of hydrogen-bond donors (Lipinski definition) is 3. The van der Waals surface area contributed by atoms with Crippen LogP contribution in [-0.4, -0.2) is 69.2 Å². The van der Waals surface area contributed by atoms with Gasteiger partial charge in [-0.2, -0.15) is 0 Å². The third kappa shape index (κ3) is 5.04. The van der Waals surface area contributed by atoms with Gasteiger partial charge < -0.3 is 10.6 Å². The minimum absolute atomic E-state index is 0.0427. The van der Waals surface area contributed by atoms with Crippen LogP contribution in [-0.2, 0) is 29.4 Å². The van der Waals surface area contributed by atoms with E-state index >= 15 is 0 Å². The van der Waals surface area contributed by atoms with Crippen molar-refractivity contribution in [3.63, 3.8) is 0 Å². The number of urea groups is 1. The van der Waals surface area contributed by atoms with Crippen molar-refractivity contribution < 1.29 is 31.2 Å². The minimum atomic E-state index is -3.90. The van der Waals surface area contributed by atoms with Crippen LogP contribution in [0, 0.1) is 0 Å². The first kappa shape index (κ1) is 23.6. The molecule has 1 atom stereocenters. The zero-order chi connectivity index (χ0) is 23.9. The fourth-order valence-corrected chi connectivity index (χ4v) is 7.58. The molecule has 0 unspecified atom stereocenters. The maximum atomic E-state index is 12.6. The standard InChI is InChI=1S/C20H26N4O7S2/c25-17(7-11-24-18(26)20(22-19(24)27)9-1-2-10-20)21-14-3-5-16(6-4-14)33(30,31)23-15-8-12-32(28,29)13-15/h3-6,15,23H,1-2,7-13H2,(H,21,25)(H,22,27)/t15-/m1/s1. The number of sulfonamides is 1. The molecule has 1 saturated carbocycles. The average molecular weight is 499 g/mol. The van der Waals surface area contributed by atoms with Gasteiger partial charge in [0.25, 0.3) is 5.91 Å². The van der Waals surface area contributed by atoms with Crippen LogP contribution >= 0.6 is 0 Å².